The lowest BCUT2D eigenvalue weighted by molar-refractivity contribution is 0.103. The van der Waals surface area contributed by atoms with Crippen LogP contribution in [-0.4, -0.2) is 19.9 Å². The molecule has 4 rings (SSSR count). The zero-order valence-electron chi connectivity index (χ0n) is 17.3. The van der Waals surface area contributed by atoms with Crippen LogP contribution in [-0.2, 0) is 16.4 Å². The summed E-state index contributed by atoms with van der Waals surface area (Å²) in [6.07, 6.45) is 2.32. The lowest BCUT2D eigenvalue weighted by atomic mass is 9.92. The van der Waals surface area contributed by atoms with Gasteiger partial charge in [-0.05, 0) is 49.2 Å². The number of fused-ring (bicyclic) bond motifs is 1. The molecular weight excluding hydrogens is 408 g/mol. The van der Waals surface area contributed by atoms with Crippen LogP contribution in [0.5, 0.6) is 0 Å². The van der Waals surface area contributed by atoms with Gasteiger partial charge >= 0.3 is 0 Å². The fourth-order valence-corrected chi connectivity index (χ4v) is 4.37. The Labute approximate surface area is 182 Å². The van der Waals surface area contributed by atoms with Crippen molar-refractivity contribution in [1.29, 1.82) is 0 Å². The number of aryl methyl sites for hydroxylation is 2. The van der Waals surface area contributed by atoms with Gasteiger partial charge < -0.3 is 5.32 Å². The van der Waals surface area contributed by atoms with Crippen molar-refractivity contribution in [3.63, 3.8) is 0 Å². The van der Waals surface area contributed by atoms with Crippen LogP contribution in [0.4, 0.5) is 5.69 Å². The molecule has 31 heavy (non-hydrogen) atoms. The number of nitrogens with one attached hydrogen (secondary N) is 1. The number of rotatable bonds is 5. The predicted octanol–water partition coefficient (Wildman–Crippen LogP) is 4.93. The topological polar surface area (TPSA) is 75.6 Å². The Morgan fingerprint density at radius 2 is 1.52 bits per heavy atom. The molecule has 0 bridgehead atoms. The van der Waals surface area contributed by atoms with Gasteiger partial charge in [-0.2, -0.15) is 12.8 Å². The molecule has 0 atom stereocenters. The average molecular weight is 431 g/mol. The van der Waals surface area contributed by atoms with E-state index in [0.29, 0.717) is 11.1 Å². The number of allylic oxidation sites excluding steroid dienone is 2. The van der Waals surface area contributed by atoms with Crippen LogP contribution in [0.3, 0.4) is 0 Å². The van der Waals surface area contributed by atoms with Crippen molar-refractivity contribution in [2.45, 2.75) is 25.2 Å². The van der Waals surface area contributed by atoms with Gasteiger partial charge in [0.05, 0.1) is 16.3 Å². The Balaban J connectivity index is 1.78. The molecule has 1 aliphatic rings. The Morgan fingerprint density at radius 1 is 0.871 bits per heavy atom. The van der Waals surface area contributed by atoms with Crippen LogP contribution in [0.2, 0.25) is 0 Å². The predicted molar refractivity (Wildman–Crippen MR) is 123 cm³/mol. The normalized spacial score (nSPS) is 14.8. The number of anilines is 1. The second kappa shape index (κ2) is 8.32. The highest BCUT2D eigenvalue weighted by Crippen LogP contribution is 2.25. The second-order valence-electron chi connectivity index (χ2n) is 7.37. The quantitative estimate of drug-likeness (QED) is 0.623. The Morgan fingerprint density at radius 3 is 2.16 bits per heavy atom. The number of carbonyl (C=O) groups excluding carboxylic acids is 1. The number of benzene rings is 3. The van der Waals surface area contributed by atoms with Crippen LogP contribution in [0.15, 0.2) is 93.9 Å². The van der Waals surface area contributed by atoms with E-state index in [4.69, 9.17) is 0 Å². The summed E-state index contributed by atoms with van der Waals surface area (Å²) in [6, 6.07) is 21.2. The van der Waals surface area contributed by atoms with Gasteiger partial charge in [-0.1, -0.05) is 61.0 Å². The van der Waals surface area contributed by atoms with E-state index in [2.05, 4.69) is 9.71 Å². The van der Waals surface area contributed by atoms with Crippen LogP contribution >= 0.6 is 0 Å². The summed E-state index contributed by atoms with van der Waals surface area (Å²) in [5.74, 6) is -0.208. The molecule has 0 unspecified atom stereocenters. The lowest BCUT2D eigenvalue weighted by Gasteiger charge is -2.19. The van der Waals surface area contributed by atoms with E-state index in [9.17, 15) is 13.2 Å². The maximum Gasteiger partial charge on any atom is 0.282 e. The summed E-state index contributed by atoms with van der Waals surface area (Å²) in [6.45, 7) is 3.99. The molecule has 1 aliphatic carbocycles. The molecule has 0 amide bonds. The van der Waals surface area contributed by atoms with Gasteiger partial charge in [-0.3, -0.25) is 4.79 Å². The zero-order chi connectivity index (χ0) is 22.0. The van der Waals surface area contributed by atoms with Crippen molar-refractivity contribution in [2.24, 2.45) is 4.40 Å². The summed E-state index contributed by atoms with van der Waals surface area (Å²) < 4.78 is 30.0. The van der Waals surface area contributed by atoms with Crippen LogP contribution in [0, 0.1) is 6.92 Å². The summed E-state index contributed by atoms with van der Waals surface area (Å²) in [5.41, 5.74) is 4.29. The number of hydrogen-bond acceptors (Lipinski definition) is 4. The average Bonchev–Trinajstić information content (AvgIpc) is 2.78. The summed E-state index contributed by atoms with van der Waals surface area (Å²) >= 11 is 0. The first-order valence-corrected chi connectivity index (χ1v) is 11.4. The van der Waals surface area contributed by atoms with E-state index in [1.54, 1.807) is 48.5 Å². The van der Waals surface area contributed by atoms with Crippen molar-refractivity contribution in [1.82, 2.24) is 0 Å². The first-order valence-electron chi connectivity index (χ1n) is 10.0. The molecule has 156 valence electrons. The number of Topliss-reactive ketones (excluding diaryl/α,β-unsaturated/α-hetero) is 1. The highest BCUT2D eigenvalue weighted by atomic mass is 32.2. The van der Waals surface area contributed by atoms with E-state index >= 15 is 0 Å². The standard InChI is InChI=1S/C25H22N2O3S/c1-3-18-10-14-20(15-11-18)31(29,30)27-23-16-24(26-19-12-8-17(2)9-13-19)25(28)22-7-5-4-6-21(22)23/h4-16,26H,3H2,1-2H3. The third-order valence-corrected chi connectivity index (χ3v) is 6.46. The molecule has 0 radical (unpaired) electrons. The minimum absolute atomic E-state index is 0.119. The number of sulfonamides is 1. The fourth-order valence-electron chi connectivity index (χ4n) is 3.37. The summed E-state index contributed by atoms with van der Waals surface area (Å²) in [7, 11) is -3.94. The molecule has 0 aromatic heterocycles. The van der Waals surface area contributed by atoms with E-state index in [1.165, 1.54) is 6.08 Å². The second-order valence-corrected chi connectivity index (χ2v) is 8.98. The SMILES string of the molecule is CCc1ccc(S(=O)(=O)N=C2C=C(Nc3ccc(C)cc3)C(=O)c3ccccc32)cc1. The van der Waals surface area contributed by atoms with Gasteiger partial charge in [-0.25, -0.2) is 0 Å². The maximum atomic E-state index is 13.0. The van der Waals surface area contributed by atoms with Crippen LogP contribution < -0.4 is 5.32 Å². The van der Waals surface area contributed by atoms with Gasteiger partial charge in [-0.15, -0.1) is 0 Å². The van der Waals surface area contributed by atoms with E-state index in [-0.39, 0.29) is 22.1 Å². The molecule has 1 N–H and O–H groups in total. The van der Waals surface area contributed by atoms with E-state index in [0.717, 1.165) is 23.2 Å². The Bertz CT molecular complexity index is 1300. The van der Waals surface area contributed by atoms with Gasteiger partial charge in [0.15, 0.2) is 0 Å². The third-order valence-electron chi connectivity index (χ3n) is 5.15. The lowest BCUT2D eigenvalue weighted by Crippen LogP contribution is -2.22. The van der Waals surface area contributed by atoms with Crippen LogP contribution in [0.25, 0.3) is 0 Å². The smallest absolute Gasteiger partial charge is 0.282 e. The van der Waals surface area contributed by atoms with Gasteiger partial charge in [0.25, 0.3) is 10.0 Å². The van der Waals surface area contributed by atoms with Crippen molar-refractivity contribution < 1.29 is 13.2 Å². The molecule has 0 saturated heterocycles. The minimum Gasteiger partial charge on any atom is -0.352 e. The summed E-state index contributed by atoms with van der Waals surface area (Å²) in [4.78, 5) is 13.1. The molecule has 0 spiro atoms. The molecule has 6 heteroatoms. The van der Waals surface area contributed by atoms with Crippen molar-refractivity contribution in [3.8, 4) is 0 Å². The summed E-state index contributed by atoms with van der Waals surface area (Å²) in [5, 5.41) is 3.11. The van der Waals surface area contributed by atoms with Gasteiger partial charge in [0.2, 0.25) is 5.78 Å². The number of hydrogen-bond donors (Lipinski definition) is 1. The first kappa shape index (κ1) is 20.8. The molecule has 3 aromatic carbocycles. The van der Waals surface area contributed by atoms with Crippen molar-refractivity contribution in [3.05, 3.63) is 107 Å². The molecule has 0 saturated carbocycles. The molecule has 0 heterocycles. The Kier molecular flexibility index (Phi) is 5.57. The number of nitrogens with zero attached hydrogens (tertiary/aromatic N) is 1. The maximum absolute atomic E-state index is 13.0. The molecule has 5 nitrogen and oxygen atoms in total. The van der Waals surface area contributed by atoms with Gasteiger partial charge in [0, 0.05) is 16.8 Å². The molecule has 3 aromatic rings. The first-order chi connectivity index (χ1) is 14.9. The van der Waals surface area contributed by atoms with Crippen molar-refractivity contribution >= 4 is 27.2 Å². The zero-order valence-corrected chi connectivity index (χ0v) is 18.1. The number of carbonyl (C=O) groups is 1. The highest BCUT2D eigenvalue weighted by molar-refractivity contribution is 7.90. The highest BCUT2D eigenvalue weighted by Gasteiger charge is 2.26. The Hall–Kier alpha value is -3.51. The van der Waals surface area contributed by atoms with Crippen LogP contribution in [0.1, 0.15) is 34.0 Å². The van der Waals surface area contributed by atoms with E-state index < -0.39 is 10.0 Å². The molecule has 0 fully saturated rings. The largest absolute Gasteiger partial charge is 0.352 e. The molecular formula is C25H22N2O3S. The third kappa shape index (κ3) is 4.34. The fraction of sp³-hybridized carbons (Fsp3) is 0.120. The molecule has 0 aliphatic heterocycles. The van der Waals surface area contributed by atoms with E-state index in [1.807, 2.05) is 38.1 Å². The number of ketones is 1. The monoisotopic (exact) mass is 430 g/mol. The van der Waals surface area contributed by atoms with Crippen molar-refractivity contribution in [2.75, 3.05) is 5.32 Å². The van der Waals surface area contributed by atoms with Gasteiger partial charge in [0.1, 0.15) is 0 Å². The minimum atomic E-state index is -3.94.